The molecule has 0 aliphatic heterocycles. The Morgan fingerprint density at radius 2 is 2.05 bits per heavy atom. The smallest absolute Gasteiger partial charge is 0.193 e. The minimum absolute atomic E-state index is 0.373. The van der Waals surface area contributed by atoms with Gasteiger partial charge >= 0.3 is 0 Å². The summed E-state index contributed by atoms with van der Waals surface area (Å²) in [6.45, 7) is 0.530. The molecule has 0 radical (unpaired) electrons. The lowest BCUT2D eigenvalue weighted by atomic mass is 10.2. The van der Waals surface area contributed by atoms with Crippen LogP contribution in [0.2, 0.25) is 0 Å². The molecule has 0 amide bonds. The van der Waals surface area contributed by atoms with Crippen LogP contribution < -0.4 is 15.8 Å². The van der Waals surface area contributed by atoms with E-state index in [9.17, 15) is 0 Å². The molecule has 2 rings (SSSR count). The maximum atomic E-state index is 5.87. The SMILES string of the molecule is COc1cccc(NC(N)=NCc2cccc(Br)c2)c1. The van der Waals surface area contributed by atoms with Crippen molar-refractivity contribution in [3.63, 3.8) is 0 Å². The fourth-order valence-corrected chi connectivity index (χ4v) is 2.15. The summed E-state index contributed by atoms with van der Waals surface area (Å²) >= 11 is 3.43. The van der Waals surface area contributed by atoms with Crippen molar-refractivity contribution in [2.75, 3.05) is 12.4 Å². The van der Waals surface area contributed by atoms with E-state index in [1.165, 1.54) is 0 Å². The van der Waals surface area contributed by atoms with Crippen molar-refractivity contribution < 1.29 is 4.74 Å². The molecule has 0 saturated heterocycles. The summed E-state index contributed by atoms with van der Waals surface area (Å²) in [6, 6.07) is 15.5. The molecule has 2 aromatic rings. The Morgan fingerprint density at radius 3 is 2.80 bits per heavy atom. The fraction of sp³-hybridized carbons (Fsp3) is 0.133. The Hall–Kier alpha value is -2.01. The number of hydrogen-bond donors (Lipinski definition) is 2. The first-order valence-electron chi connectivity index (χ1n) is 6.13. The van der Waals surface area contributed by atoms with Crippen LogP contribution in [0.15, 0.2) is 58.0 Å². The maximum Gasteiger partial charge on any atom is 0.193 e. The Bertz CT molecular complexity index is 614. The van der Waals surface area contributed by atoms with E-state index < -0.39 is 0 Å². The summed E-state index contributed by atoms with van der Waals surface area (Å²) in [6.07, 6.45) is 0. The van der Waals surface area contributed by atoms with Gasteiger partial charge < -0.3 is 15.8 Å². The summed E-state index contributed by atoms with van der Waals surface area (Å²) in [5.41, 5.74) is 7.81. The van der Waals surface area contributed by atoms with Crippen molar-refractivity contribution in [1.82, 2.24) is 0 Å². The van der Waals surface area contributed by atoms with Gasteiger partial charge in [0.15, 0.2) is 5.96 Å². The minimum Gasteiger partial charge on any atom is -0.497 e. The summed E-state index contributed by atoms with van der Waals surface area (Å²) in [7, 11) is 1.63. The second kappa shape index (κ2) is 6.96. The molecule has 0 unspecified atom stereocenters. The van der Waals surface area contributed by atoms with Crippen molar-refractivity contribution in [3.05, 3.63) is 58.6 Å². The number of hydrogen-bond acceptors (Lipinski definition) is 2. The molecule has 0 saturated carbocycles. The van der Waals surface area contributed by atoms with Gasteiger partial charge in [-0.2, -0.15) is 0 Å². The van der Waals surface area contributed by atoms with Crippen LogP contribution >= 0.6 is 15.9 Å². The standard InChI is InChI=1S/C15H16BrN3O/c1-20-14-7-3-6-13(9-14)19-15(17)18-10-11-4-2-5-12(16)8-11/h2-9H,10H2,1H3,(H3,17,18,19). The summed E-state index contributed by atoms with van der Waals surface area (Å²) in [5.74, 6) is 1.15. The Labute approximate surface area is 126 Å². The highest BCUT2D eigenvalue weighted by atomic mass is 79.9. The number of halogens is 1. The first-order chi connectivity index (χ1) is 9.67. The van der Waals surface area contributed by atoms with Crippen LogP contribution in [-0.2, 0) is 6.54 Å². The van der Waals surface area contributed by atoms with Crippen LogP contribution in [0.5, 0.6) is 5.75 Å². The second-order valence-corrected chi connectivity index (χ2v) is 5.10. The maximum absolute atomic E-state index is 5.87. The fourth-order valence-electron chi connectivity index (χ4n) is 1.70. The first-order valence-corrected chi connectivity index (χ1v) is 6.92. The topological polar surface area (TPSA) is 59.6 Å². The van der Waals surface area contributed by atoms with Crippen LogP contribution in [-0.4, -0.2) is 13.1 Å². The molecule has 0 aliphatic rings. The Morgan fingerprint density at radius 1 is 1.25 bits per heavy atom. The van der Waals surface area contributed by atoms with Crippen molar-refractivity contribution in [2.45, 2.75) is 6.54 Å². The summed E-state index contributed by atoms with van der Waals surface area (Å²) < 4.78 is 6.18. The molecule has 0 aliphatic carbocycles. The third-order valence-corrected chi connectivity index (χ3v) is 3.16. The van der Waals surface area contributed by atoms with Gasteiger partial charge in [-0.1, -0.05) is 34.1 Å². The van der Waals surface area contributed by atoms with E-state index in [0.29, 0.717) is 12.5 Å². The number of rotatable bonds is 4. The monoisotopic (exact) mass is 333 g/mol. The van der Waals surface area contributed by atoms with Crippen LogP contribution in [0.4, 0.5) is 5.69 Å². The Kier molecular flexibility index (Phi) is 5.01. The van der Waals surface area contributed by atoms with Crippen LogP contribution in [0.1, 0.15) is 5.56 Å². The van der Waals surface area contributed by atoms with E-state index in [0.717, 1.165) is 21.5 Å². The molecule has 0 heterocycles. The molecule has 0 spiro atoms. The van der Waals surface area contributed by atoms with E-state index in [-0.39, 0.29) is 0 Å². The van der Waals surface area contributed by atoms with Crippen LogP contribution in [0.3, 0.4) is 0 Å². The van der Waals surface area contributed by atoms with Gasteiger partial charge in [-0.15, -0.1) is 0 Å². The molecule has 0 atom stereocenters. The minimum atomic E-state index is 0.373. The number of nitrogens with one attached hydrogen (secondary N) is 1. The lowest BCUT2D eigenvalue weighted by Crippen LogP contribution is -2.22. The van der Waals surface area contributed by atoms with E-state index in [4.69, 9.17) is 10.5 Å². The average molecular weight is 334 g/mol. The average Bonchev–Trinajstić information content (AvgIpc) is 2.45. The highest BCUT2D eigenvalue weighted by Crippen LogP contribution is 2.16. The highest BCUT2D eigenvalue weighted by Gasteiger charge is 1.98. The molecule has 0 aromatic heterocycles. The lowest BCUT2D eigenvalue weighted by Gasteiger charge is -2.07. The number of guanidine groups is 1. The molecule has 4 nitrogen and oxygen atoms in total. The Balaban J connectivity index is 2.00. The van der Waals surface area contributed by atoms with Crippen LogP contribution in [0, 0.1) is 0 Å². The van der Waals surface area contributed by atoms with Gasteiger partial charge in [0.05, 0.1) is 13.7 Å². The van der Waals surface area contributed by atoms with Gasteiger partial charge in [0.1, 0.15) is 5.75 Å². The zero-order chi connectivity index (χ0) is 14.4. The van der Waals surface area contributed by atoms with Gasteiger partial charge in [0.25, 0.3) is 0 Å². The zero-order valence-electron chi connectivity index (χ0n) is 11.1. The van der Waals surface area contributed by atoms with Gasteiger partial charge in [0, 0.05) is 16.2 Å². The van der Waals surface area contributed by atoms with E-state index in [1.807, 2.05) is 48.5 Å². The van der Waals surface area contributed by atoms with Crippen molar-refractivity contribution >= 4 is 27.6 Å². The lowest BCUT2D eigenvalue weighted by molar-refractivity contribution is 0.415. The number of anilines is 1. The van der Waals surface area contributed by atoms with Crippen molar-refractivity contribution in [2.24, 2.45) is 10.7 Å². The molecule has 2 aromatic carbocycles. The highest BCUT2D eigenvalue weighted by molar-refractivity contribution is 9.10. The number of aliphatic imine (C=N–C) groups is 1. The number of benzene rings is 2. The third-order valence-electron chi connectivity index (χ3n) is 2.66. The molecule has 104 valence electrons. The summed E-state index contributed by atoms with van der Waals surface area (Å²) in [4.78, 5) is 4.31. The molecule has 5 heteroatoms. The molecular formula is C15H16BrN3O. The predicted molar refractivity (Wildman–Crippen MR) is 86.1 cm³/mol. The van der Waals surface area contributed by atoms with Gasteiger partial charge in [0.2, 0.25) is 0 Å². The molecular weight excluding hydrogens is 318 g/mol. The predicted octanol–water partition coefficient (Wildman–Crippen LogP) is 3.38. The molecule has 3 N–H and O–H groups in total. The molecule has 0 fully saturated rings. The van der Waals surface area contributed by atoms with E-state index in [2.05, 4.69) is 26.2 Å². The number of methoxy groups -OCH3 is 1. The van der Waals surface area contributed by atoms with Gasteiger partial charge in [-0.05, 0) is 29.8 Å². The summed E-state index contributed by atoms with van der Waals surface area (Å²) in [5, 5.41) is 3.04. The van der Waals surface area contributed by atoms with Gasteiger partial charge in [-0.25, -0.2) is 4.99 Å². The number of ether oxygens (including phenoxy) is 1. The first kappa shape index (κ1) is 14.4. The van der Waals surface area contributed by atoms with E-state index in [1.54, 1.807) is 7.11 Å². The van der Waals surface area contributed by atoms with Crippen molar-refractivity contribution in [1.29, 1.82) is 0 Å². The van der Waals surface area contributed by atoms with Crippen LogP contribution in [0.25, 0.3) is 0 Å². The number of nitrogens with two attached hydrogens (primary N) is 1. The number of nitrogens with zero attached hydrogens (tertiary/aromatic N) is 1. The normalized spacial score (nSPS) is 11.2. The van der Waals surface area contributed by atoms with Crippen molar-refractivity contribution in [3.8, 4) is 5.75 Å². The largest absolute Gasteiger partial charge is 0.497 e. The third kappa shape index (κ3) is 4.28. The molecule has 0 bridgehead atoms. The quantitative estimate of drug-likeness (QED) is 0.666. The van der Waals surface area contributed by atoms with E-state index >= 15 is 0 Å². The second-order valence-electron chi connectivity index (χ2n) is 4.19. The van der Waals surface area contributed by atoms with Gasteiger partial charge in [-0.3, -0.25) is 0 Å². The zero-order valence-corrected chi connectivity index (χ0v) is 12.7. The molecule has 20 heavy (non-hydrogen) atoms.